The predicted octanol–water partition coefficient (Wildman–Crippen LogP) is 6.68. The molecule has 35 heavy (non-hydrogen) atoms. The Labute approximate surface area is 224 Å². The Morgan fingerprint density at radius 3 is 1.46 bits per heavy atom. The van der Waals surface area contributed by atoms with Crippen LogP contribution in [0, 0.1) is 6.92 Å². The second kappa shape index (κ2) is 8.94. The Balaban J connectivity index is 1.82. The van der Waals surface area contributed by atoms with E-state index in [1.807, 2.05) is 0 Å². The van der Waals surface area contributed by atoms with Crippen LogP contribution in [0.3, 0.4) is 0 Å². The Bertz CT molecular complexity index is 1440. The Morgan fingerprint density at radius 2 is 0.971 bits per heavy atom. The first-order chi connectivity index (χ1) is 17.1. The highest BCUT2D eigenvalue weighted by Gasteiger charge is 2.49. The van der Waals surface area contributed by atoms with Crippen LogP contribution in [0.4, 0.5) is 17.1 Å². The summed E-state index contributed by atoms with van der Waals surface area (Å²) in [4.78, 5) is 2.45. The van der Waals surface area contributed by atoms with Crippen LogP contribution in [-0.2, 0) is 0 Å². The number of fused-ring (bicyclic) bond motifs is 2. The molecule has 4 heteroatoms. The third-order valence-corrected chi connectivity index (χ3v) is 12.8. The van der Waals surface area contributed by atoms with Crippen molar-refractivity contribution in [1.82, 2.24) is 0 Å². The lowest BCUT2D eigenvalue weighted by molar-refractivity contribution is 1.25. The van der Waals surface area contributed by atoms with Crippen LogP contribution < -0.4 is 25.6 Å². The van der Waals surface area contributed by atoms with Crippen molar-refractivity contribution in [2.24, 2.45) is 0 Å². The normalized spacial score (nSPS) is 13.7. The molecule has 6 rings (SSSR count). The Hall–Kier alpha value is -2.92. The molecule has 0 N–H and O–H groups in total. The fourth-order valence-electron chi connectivity index (χ4n) is 5.52. The molecule has 5 aromatic rings. The monoisotopic (exact) mass is 595 g/mol. The summed E-state index contributed by atoms with van der Waals surface area (Å²) < 4.78 is 2.20. The number of hydrogen-bond donors (Lipinski definition) is 0. The van der Waals surface area contributed by atoms with E-state index in [2.05, 4.69) is 165 Å². The number of aryl methyl sites for hydroxylation is 1. The van der Waals surface area contributed by atoms with E-state index < -0.39 is 8.07 Å². The molecule has 1 nitrogen and oxygen atoms in total. The molecule has 1 heterocycles. The lowest BCUT2D eigenvalue weighted by atomic mass is 10.1. The lowest BCUT2D eigenvalue weighted by Gasteiger charge is -2.45. The quantitative estimate of drug-likeness (QED) is 0.206. The van der Waals surface area contributed by atoms with E-state index in [4.69, 9.17) is 0 Å². The third kappa shape index (κ3) is 3.55. The minimum atomic E-state index is -2.63. The molecular weight excluding hydrogens is 574 g/mol. The first-order valence-corrected chi connectivity index (χ1v) is 15.3. The number of para-hydroxylation sites is 1. The van der Waals surface area contributed by atoms with Crippen LogP contribution in [-0.4, -0.2) is 8.07 Å². The van der Waals surface area contributed by atoms with Crippen molar-refractivity contribution in [3.8, 4) is 0 Å². The van der Waals surface area contributed by atoms with Gasteiger partial charge in [-0.3, -0.25) is 0 Å². The van der Waals surface area contributed by atoms with Crippen molar-refractivity contribution in [2.45, 2.75) is 6.92 Å². The van der Waals surface area contributed by atoms with Crippen LogP contribution in [0.2, 0.25) is 0 Å². The molecule has 0 unspecified atom stereocenters. The van der Waals surface area contributed by atoms with Gasteiger partial charge in [-0.15, -0.1) is 0 Å². The molecule has 0 atom stereocenters. The number of nitrogens with zero attached hydrogens (tertiary/aromatic N) is 1. The van der Waals surface area contributed by atoms with Crippen molar-refractivity contribution in [2.75, 3.05) is 4.90 Å². The minimum absolute atomic E-state index is 1.10. The highest BCUT2D eigenvalue weighted by atomic mass is 79.9. The van der Waals surface area contributed by atoms with Crippen molar-refractivity contribution < 1.29 is 0 Å². The third-order valence-electron chi connectivity index (χ3n) is 6.98. The largest absolute Gasteiger partial charge is 0.310 e. The average molecular weight is 597 g/mol. The topological polar surface area (TPSA) is 3.24 Å². The number of benzene rings is 5. The molecule has 0 amide bonds. The lowest BCUT2D eigenvalue weighted by Crippen LogP contribution is -2.77. The van der Waals surface area contributed by atoms with E-state index in [9.17, 15) is 0 Å². The van der Waals surface area contributed by atoms with Crippen LogP contribution in [0.5, 0.6) is 0 Å². The van der Waals surface area contributed by atoms with Crippen molar-refractivity contribution in [3.05, 3.63) is 136 Å². The van der Waals surface area contributed by atoms with Crippen LogP contribution in [0.15, 0.2) is 130 Å². The van der Waals surface area contributed by atoms with Gasteiger partial charge in [0.05, 0.1) is 0 Å². The maximum absolute atomic E-state index is 3.83. The number of anilines is 3. The summed E-state index contributed by atoms with van der Waals surface area (Å²) >= 11 is 7.65. The average Bonchev–Trinajstić information content (AvgIpc) is 2.89. The van der Waals surface area contributed by atoms with Crippen molar-refractivity contribution >= 4 is 77.7 Å². The Kier molecular flexibility index (Phi) is 5.76. The zero-order valence-electron chi connectivity index (χ0n) is 19.3. The number of halogens is 2. The predicted molar refractivity (Wildman–Crippen MR) is 158 cm³/mol. The molecule has 1 aliphatic heterocycles. The molecule has 0 bridgehead atoms. The maximum atomic E-state index is 3.83. The first kappa shape index (κ1) is 22.5. The molecule has 0 saturated heterocycles. The molecule has 0 saturated carbocycles. The van der Waals surface area contributed by atoms with E-state index in [0.29, 0.717) is 0 Å². The minimum Gasteiger partial charge on any atom is -0.310 e. The molecular formula is C31H23Br2NSi. The molecule has 5 aromatic carbocycles. The van der Waals surface area contributed by atoms with Crippen LogP contribution in [0.1, 0.15) is 5.56 Å². The molecule has 1 aliphatic rings. The standard InChI is InChI=1S/C31H23Br2NSi/c1-22-10-8-9-15-27(22)34-28-18-16-23(32)20-30(28)35(25-11-4-2-5-12-25,26-13-6-3-7-14-26)31-21-24(33)17-19-29(31)34/h2-21H,1H3. The molecule has 0 radical (unpaired) electrons. The summed E-state index contributed by atoms with van der Waals surface area (Å²) in [7, 11) is -2.63. The maximum Gasteiger partial charge on any atom is 0.184 e. The van der Waals surface area contributed by atoms with Gasteiger partial charge in [-0.1, -0.05) is 111 Å². The summed E-state index contributed by atoms with van der Waals surface area (Å²) in [6.45, 7) is 2.19. The molecule has 0 fully saturated rings. The van der Waals surface area contributed by atoms with E-state index in [0.717, 1.165) is 8.95 Å². The fourth-order valence-corrected chi connectivity index (χ4v) is 11.8. The summed E-state index contributed by atoms with van der Waals surface area (Å²) in [5, 5.41) is 5.54. The van der Waals surface area contributed by atoms with Gasteiger partial charge in [0.25, 0.3) is 0 Å². The van der Waals surface area contributed by atoms with Crippen molar-refractivity contribution in [1.29, 1.82) is 0 Å². The highest BCUT2D eigenvalue weighted by molar-refractivity contribution is 9.10. The number of hydrogen-bond acceptors (Lipinski definition) is 1. The van der Waals surface area contributed by atoms with Gasteiger partial charge in [0.15, 0.2) is 8.07 Å². The second-order valence-electron chi connectivity index (χ2n) is 8.93. The Morgan fingerprint density at radius 1 is 0.514 bits per heavy atom. The van der Waals surface area contributed by atoms with Gasteiger partial charge in [0.2, 0.25) is 0 Å². The molecule has 170 valence electrons. The SMILES string of the molecule is Cc1ccccc1N1c2ccc(Br)cc2[Si](c2ccccc2)(c2ccccc2)c2cc(Br)ccc21. The number of rotatable bonds is 3. The van der Waals surface area contributed by atoms with Gasteiger partial charge in [-0.2, -0.15) is 0 Å². The summed E-state index contributed by atoms with van der Waals surface area (Å²) in [6, 6.07) is 44.5. The van der Waals surface area contributed by atoms with Gasteiger partial charge >= 0.3 is 0 Å². The molecule has 0 aliphatic carbocycles. The fraction of sp³-hybridized carbons (Fsp3) is 0.0323. The van der Waals surface area contributed by atoms with Gasteiger partial charge in [-0.05, 0) is 75.7 Å². The van der Waals surface area contributed by atoms with E-state index in [1.165, 1.54) is 43.4 Å². The summed E-state index contributed by atoms with van der Waals surface area (Å²) in [6.07, 6.45) is 0. The first-order valence-electron chi connectivity index (χ1n) is 11.7. The zero-order chi connectivity index (χ0) is 24.0. The highest BCUT2D eigenvalue weighted by Crippen LogP contribution is 2.40. The van der Waals surface area contributed by atoms with Gasteiger partial charge in [0.1, 0.15) is 0 Å². The summed E-state index contributed by atoms with van der Waals surface area (Å²) in [5.74, 6) is 0. The second-order valence-corrected chi connectivity index (χ2v) is 14.5. The van der Waals surface area contributed by atoms with Gasteiger partial charge in [0, 0.05) is 26.0 Å². The van der Waals surface area contributed by atoms with Gasteiger partial charge in [-0.25, -0.2) is 0 Å². The molecule has 0 aromatic heterocycles. The van der Waals surface area contributed by atoms with Crippen LogP contribution in [0.25, 0.3) is 0 Å². The van der Waals surface area contributed by atoms with E-state index in [1.54, 1.807) is 0 Å². The molecule has 0 spiro atoms. The van der Waals surface area contributed by atoms with E-state index >= 15 is 0 Å². The zero-order valence-corrected chi connectivity index (χ0v) is 23.4. The van der Waals surface area contributed by atoms with Crippen LogP contribution >= 0.6 is 31.9 Å². The summed E-state index contributed by atoms with van der Waals surface area (Å²) in [5.41, 5.74) is 4.96. The smallest absolute Gasteiger partial charge is 0.184 e. The van der Waals surface area contributed by atoms with E-state index in [-0.39, 0.29) is 0 Å². The van der Waals surface area contributed by atoms with Crippen molar-refractivity contribution in [3.63, 3.8) is 0 Å². The van der Waals surface area contributed by atoms with Gasteiger partial charge < -0.3 is 4.90 Å².